The summed E-state index contributed by atoms with van der Waals surface area (Å²) in [5, 5.41) is 3.63. The Labute approximate surface area is 132 Å². The quantitative estimate of drug-likeness (QED) is 0.841. The number of nitrogens with one attached hydrogen (secondary N) is 1. The van der Waals surface area contributed by atoms with E-state index in [0.717, 1.165) is 11.8 Å². The van der Waals surface area contributed by atoms with E-state index < -0.39 is 0 Å². The van der Waals surface area contributed by atoms with Crippen molar-refractivity contribution >= 4 is 0 Å². The third kappa shape index (κ3) is 4.67. The molecule has 2 fully saturated rings. The minimum absolute atomic E-state index is 0.455. The van der Waals surface area contributed by atoms with Crippen molar-refractivity contribution in [3.63, 3.8) is 0 Å². The highest BCUT2D eigenvalue weighted by atomic mass is 15.3. The van der Waals surface area contributed by atoms with E-state index >= 15 is 0 Å². The molecule has 1 saturated heterocycles. The zero-order valence-electron chi connectivity index (χ0n) is 15.0. The first-order valence-electron chi connectivity index (χ1n) is 9.04. The van der Waals surface area contributed by atoms with Gasteiger partial charge in [-0.3, -0.25) is 0 Å². The van der Waals surface area contributed by atoms with Gasteiger partial charge in [-0.25, -0.2) is 0 Å². The Morgan fingerprint density at radius 3 is 2.29 bits per heavy atom. The molecule has 1 aliphatic heterocycles. The van der Waals surface area contributed by atoms with E-state index in [0.29, 0.717) is 11.5 Å². The van der Waals surface area contributed by atoms with Gasteiger partial charge < -0.3 is 15.1 Å². The maximum absolute atomic E-state index is 3.63. The topological polar surface area (TPSA) is 18.5 Å². The summed E-state index contributed by atoms with van der Waals surface area (Å²) in [4.78, 5) is 5.36. The van der Waals surface area contributed by atoms with Crippen molar-refractivity contribution in [1.82, 2.24) is 15.1 Å². The highest BCUT2D eigenvalue weighted by Gasteiger charge is 2.38. The smallest absolute Gasteiger partial charge is 0.0156 e. The van der Waals surface area contributed by atoms with Crippen molar-refractivity contribution in [2.75, 3.05) is 46.3 Å². The van der Waals surface area contributed by atoms with Gasteiger partial charge in [0.1, 0.15) is 0 Å². The molecule has 2 aliphatic rings. The van der Waals surface area contributed by atoms with Crippen LogP contribution in [0.15, 0.2) is 0 Å². The summed E-state index contributed by atoms with van der Waals surface area (Å²) >= 11 is 0. The van der Waals surface area contributed by atoms with Crippen LogP contribution in [0.2, 0.25) is 0 Å². The van der Waals surface area contributed by atoms with E-state index in [1.807, 2.05) is 0 Å². The average Bonchev–Trinajstić information content (AvgIpc) is 2.40. The normalized spacial score (nSPS) is 31.7. The molecule has 2 atom stereocenters. The Morgan fingerprint density at radius 1 is 1.10 bits per heavy atom. The molecule has 1 N–H and O–H groups in total. The highest BCUT2D eigenvalue weighted by molar-refractivity contribution is 4.94. The van der Waals surface area contributed by atoms with Crippen molar-refractivity contribution < 1.29 is 0 Å². The lowest BCUT2D eigenvalue weighted by molar-refractivity contribution is 0.0580. The predicted molar refractivity (Wildman–Crippen MR) is 91.7 cm³/mol. The van der Waals surface area contributed by atoms with E-state index in [1.165, 1.54) is 58.5 Å². The first-order valence-corrected chi connectivity index (χ1v) is 9.04. The summed E-state index contributed by atoms with van der Waals surface area (Å²) < 4.78 is 0. The van der Waals surface area contributed by atoms with Crippen LogP contribution in [0.5, 0.6) is 0 Å². The van der Waals surface area contributed by atoms with Gasteiger partial charge in [0.15, 0.2) is 0 Å². The monoisotopic (exact) mass is 295 g/mol. The van der Waals surface area contributed by atoms with Crippen molar-refractivity contribution in [3.8, 4) is 0 Å². The zero-order chi connectivity index (χ0) is 15.5. The second-order valence-corrected chi connectivity index (χ2v) is 8.40. The Balaban J connectivity index is 1.82. The summed E-state index contributed by atoms with van der Waals surface area (Å²) in [7, 11) is 2.16. The lowest BCUT2D eigenvalue weighted by atomic mass is 9.68. The molecular weight excluding hydrogens is 258 g/mol. The van der Waals surface area contributed by atoms with Gasteiger partial charge in [-0.1, -0.05) is 34.1 Å². The van der Waals surface area contributed by atoms with Gasteiger partial charge in [-0.05, 0) is 37.1 Å². The Hall–Kier alpha value is -0.120. The molecule has 0 bridgehead atoms. The standard InChI is InChI=1S/C18H37N3/c1-15(2)13-20-9-11-21(12-10-20)14-16-7-6-8-18(3,4)17(16)19-5/h15-17,19H,6-14H2,1-5H3. The largest absolute Gasteiger partial charge is 0.316 e. The van der Waals surface area contributed by atoms with Gasteiger partial charge in [-0.2, -0.15) is 0 Å². The molecule has 0 spiro atoms. The molecule has 21 heavy (non-hydrogen) atoms. The van der Waals surface area contributed by atoms with Crippen LogP contribution in [0.25, 0.3) is 0 Å². The SMILES string of the molecule is CNC1C(CN2CCN(CC(C)C)CC2)CCCC1(C)C. The van der Waals surface area contributed by atoms with Crippen LogP contribution in [0, 0.1) is 17.3 Å². The van der Waals surface area contributed by atoms with E-state index in [1.54, 1.807) is 0 Å². The van der Waals surface area contributed by atoms with Crippen LogP contribution < -0.4 is 5.32 Å². The summed E-state index contributed by atoms with van der Waals surface area (Å²) in [6.45, 7) is 17.2. The summed E-state index contributed by atoms with van der Waals surface area (Å²) in [6, 6.07) is 0.681. The van der Waals surface area contributed by atoms with Crippen molar-refractivity contribution in [3.05, 3.63) is 0 Å². The number of hydrogen-bond donors (Lipinski definition) is 1. The van der Waals surface area contributed by atoms with Crippen LogP contribution in [-0.4, -0.2) is 62.2 Å². The van der Waals surface area contributed by atoms with Crippen LogP contribution in [-0.2, 0) is 0 Å². The van der Waals surface area contributed by atoms with Crippen LogP contribution in [0.3, 0.4) is 0 Å². The van der Waals surface area contributed by atoms with Crippen molar-refractivity contribution in [1.29, 1.82) is 0 Å². The lowest BCUT2D eigenvalue weighted by Gasteiger charge is -2.46. The number of nitrogens with zero attached hydrogens (tertiary/aromatic N) is 2. The van der Waals surface area contributed by atoms with Gasteiger partial charge >= 0.3 is 0 Å². The highest BCUT2D eigenvalue weighted by Crippen LogP contribution is 2.39. The van der Waals surface area contributed by atoms with Crippen LogP contribution in [0.4, 0.5) is 0 Å². The number of rotatable bonds is 5. The molecule has 2 unspecified atom stereocenters. The number of hydrogen-bond acceptors (Lipinski definition) is 3. The minimum atomic E-state index is 0.455. The molecular formula is C18H37N3. The van der Waals surface area contributed by atoms with Gasteiger partial charge in [0.25, 0.3) is 0 Å². The first kappa shape index (κ1) is 17.2. The zero-order valence-corrected chi connectivity index (χ0v) is 15.0. The van der Waals surface area contributed by atoms with E-state index in [-0.39, 0.29) is 0 Å². The van der Waals surface area contributed by atoms with E-state index in [9.17, 15) is 0 Å². The molecule has 0 amide bonds. The fourth-order valence-corrected chi connectivity index (χ4v) is 4.61. The van der Waals surface area contributed by atoms with Gasteiger partial charge in [0.2, 0.25) is 0 Å². The van der Waals surface area contributed by atoms with E-state index in [2.05, 4.69) is 49.9 Å². The third-order valence-corrected chi connectivity index (χ3v) is 5.60. The minimum Gasteiger partial charge on any atom is -0.316 e. The van der Waals surface area contributed by atoms with Crippen molar-refractivity contribution in [2.45, 2.75) is 53.0 Å². The van der Waals surface area contributed by atoms with Gasteiger partial charge in [0, 0.05) is 45.3 Å². The Morgan fingerprint density at radius 2 is 1.71 bits per heavy atom. The molecule has 0 aromatic heterocycles. The molecule has 2 rings (SSSR count). The second kappa shape index (κ2) is 7.43. The Bertz CT molecular complexity index is 306. The first-order chi connectivity index (χ1) is 9.92. The molecule has 3 heteroatoms. The van der Waals surface area contributed by atoms with Crippen LogP contribution in [0.1, 0.15) is 47.0 Å². The predicted octanol–water partition coefficient (Wildman–Crippen LogP) is 2.67. The molecule has 1 heterocycles. The fraction of sp³-hybridized carbons (Fsp3) is 1.00. The van der Waals surface area contributed by atoms with Gasteiger partial charge in [0.05, 0.1) is 0 Å². The molecule has 3 nitrogen and oxygen atoms in total. The average molecular weight is 296 g/mol. The fourth-order valence-electron chi connectivity index (χ4n) is 4.61. The summed E-state index contributed by atoms with van der Waals surface area (Å²) in [5.74, 6) is 1.62. The second-order valence-electron chi connectivity index (χ2n) is 8.40. The molecule has 0 aromatic carbocycles. The summed E-state index contributed by atoms with van der Waals surface area (Å²) in [5.41, 5.74) is 0.455. The molecule has 0 radical (unpaired) electrons. The molecule has 124 valence electrons. The van der Waals surface area contributed by atoms with Crippen molar-refractivity contribution in [2.24, 2.45) is 17.3 Å². The maximum atomic E-state index is 3.63. The van der Waals surface area contributed by atoms with Crippen LogP contribution >= 0.6 is 0 Å². The summed E-state index contributed by atoms with van der Waals surface area (Å²) in [6.07, 6.45) is 4.18. The Kier molecular flexibility index (Phi) is 6.10. The van der Waals surface area contributed by atoms with E-state index in [4.69, 9.17) is 0 Å². The number of piperazine rings is 1. The third-order valence-electron chi connectivity index (χ3n) is 5.60. The maximum Gasteiger partial charge on any atom is 0.0156 e. The molecule has 0 aromatic rings. The molecule has 1 aliphatic carbocycles. The lowest BCUT2D eigenvalue weighted by Crippen LogP contribution is -2.54. The molecule has 1 saturated carbocycles. The van der Waals surface area contributed by atoms with Gasteiger partial charge in [-0.15, -0.1) is 0 Å².